The Labute approximate surface area is 86.0 Å². The highest BCUT2D eigenvalue weighted by molar-refractivity contribution is 4.74. The van der Waals surface area contributed by atoms with E-state index in [0.717, 1.165) is 6.42 Å². The van der Waals surface area contributed by atoms with E-state index >= 15 is 0 Å². The highest BCUT2D eigenvalue weighted by Crippen LogP contribution is 2.11. The molecule has 4 heteroatoms. The second-order valence-corrected chi connectivity index (χ2v) is 4.15. The average Bonchev–Trinajstić information content (AvgIpc) is 2.23. The van der Waals surface area contributed by atoms with E-state index in [1.165, 1.54) is 0 Å². The number of hydrogen-bond donors (Lipinski definition) is 4. The van der Waals surface area contributed by atoms with Crippen molar-refractivity contribution in [2.75, 3.05) is 26.3 Å². The Balaban J connectivity index is 3.52. The van der Waals surface area contributed by atoms with Crippen molar-refractivity contribution < 1.29 is 15.3 Å². The molecule has 0 radical (unpaired) electrons. The van der Waals surface area contributed by atoms with Gasteiger partial charge in [-0.2, -0.15) is 0 Å². The summed E-state index contributed by atoms with van der Waals surface area (Å²) in [5.41, 5.74) is -0.461. The van der Waals surface area contributed by atoms with Crippen LogP contribution >= 0.6 is 0 Å². The maximum absolute atomic E-state index is 9.26. The third kappa shape index (κ3) is 5.54. The molecule has 0 amide bonds. The molecular weight excluding hydrogens is 182 g/mol. The summed E-state index contributed by atoms with van der Waals surface area (Å²) in [7, 11) is 0. The minimum atomic E-state index is -0.461. The van der Waals surface area contributed by atoms with Gasteiger partial charge in [0.05, 0.1) is 19.3 Å². The molecule has 1 unspecified atom stereocenters. The lowest BCUT2D eigenvalue weighted by Crippen LogP contribution is -2.38. The molecule has 0 aliphatic rings. The third-order valence-electron chi connectivity index (χ3n) is 2.44. The largest absolute Gasteiger partial charge is 0.396 e. The first-order valence-corrected chi connectivity index (χ1v) is 5.18. The van der Waals surface area contributed by atoms with Gasteiger partial charge in [0.2, 0.25) is 0 Å². The second-order valence-electron chi connectivity index (χ2n) is 4.15. The first kappa shape index (κ1) is 13.8. The molecule has 0 aromatic carbocycles. The molecule has 0 saturated heterocycles. The molecule has 0 heterocycles. The van der Waals surface area contributed by atoms with E-state index in [4.69, 9.17) is 10.2 Å². The van der Waals surface area contributed by atoms with E-state index in [1.54, 1.807) is 0 Å². The molecule has 86 valence electrons. The normalized spacial score (nSPS) is 14.4. The SMILES string of the molecule is CCC(O)CCNCC(C)(CO)CO. The van der Waals surface area contributed by atoms with Crippen LogP contribution in [0.3, 0.4) is 0 Å². The molecule has 0 aromatic heterocycles. The number of aliphatic hydroxyl groups excluding tert-OH is 3. The molecule has 0 aliphatic carbocycles. The van der Waals surface area contributed by atoms with Gasteiger partial charge < -0.3 is 20.6 Å². The number of rotatable bonds is 8. The fraction of sp³-hybridized carbons (Fsp3) is 1.00. The zero-order chi connectivity index (χ0) is 11.0. The van der Waals surface area contributed by atoms with Gasteiger partial charge in [0.1, 0.15) is 0 Å². The van der Waals surface area contributed by atoms with Crippen molar-refractivity contribution >= 4 is 0 Å². The third-order valence-corrected chi connectivity index (χ3v) is 2.44. The van der Waals surface area contributed by atoms with Crippen molar-refractivity contribution in [2.45, 2.75) is 32.8 Å². The summed E-state index contributed by atoms with van der Waals surface area (Å²) in [6.07, 6.45) is 1.22. The molecule has 0 saturated carbocycles. The monoisotopic (exact) mass is 205 g/mol. The minimum Gasteiger partial charge on any atom is -0.396 e. The lowest BCUT2D eigenvalue weighted by Gasteiger charge is -2.25. The molecule has 4 N–H and O–H groups in total. The zero-order valence-electron chi connectivity index (χ0n) is 9.16. The van der Waals surface area contributed by atoms with Gasteiger partial charge >= 0.3 is 0 Å². The van der Waals surface area contributed by atoms with Gasteiger partial charge in [0, 0.05) is 12.0 Å². The van der Waals surface area contributed by atoms with Crippen LogP contribution in [0.15, 0.2) is 0 Å². The Bertz CT molecular complexity index is 137. The van der Waals surface area contributed by atoms with Crippen LogP contribution < -0.4 is 5.32 Å². The fourth-order valence-corrected chi connectivity index (χ4v) is 1.02. The van der Waals surface area contributed by atoms with Crippen LogP contribution in [-0.2, 0) is 0 Å². The van der Waals surface area contributed by atoms with E-state index in [0.29, 0.717) is 19.5 Å². The zero-order valence-corrected chi connectivity index (χ0v) is 9.16. The van der Waals surface area contributed by atoms with Crippen LogP contribution in [0.4, 0.5) is 0 Å². The molecular formula is C10H23NO3. The van der Waals surface area contributed by atoms with Crippen LogP contribution in [0.25, 0.3) is 0 Å². The van der Waals surface area contributed by atoms with Crippen LogP contribution in [0.1, 0.15) is 26.7 Å². The van der Waals surface area contributed by atoms with Crippen LogP contribution in [-0.4, -0.2) is 47.7 Å². The molecule has 4 nitrogen and oxygen atoms in total. The lowest BCUT2D eigenvalue weighted by molar-refractivity contribution is 0.0685. The summed E-state index contributed by atoms with van der Waals surface area (Å²) in [5, 5.41) is 30.4. The summed E-state index contributed by atoms with van der Waals surface area (Å²) in [6.45, 7) is 4.97. The van der Waals surface area contributed by atoms with Gasteiger partial charge in [-0.3, -0.25) is 0 Å². The van der Waals surface area contributed by atoms with Gasteiger partial charge in [-0.25, -0.2) is 0 Å². The van der Waals surface area contributed by atoms with Crippen molar-refractivity contribution in [3.05, 3.63) is 0 Å². The number of aliphatic hydroxyl groups is 3. The predicted octanol–water partition coefficient (Wildman–Crippen LogP) is -0.272. The van der Waals surface area contributed by atoms with Crippen molar-refractivity contribution in [3.8, 4) is 0 Å². The van der Waals surface area contributed by atoms with Gasteiger partial charge in [0.25, 0.3) is 0 Å². The first-order chi connectivity index (χ1) is 6.58. The van der Waals surface area contributed by atoms with Gasteiger partial charge in [-0.1, -0.05) is 13.8 Å². The summed E-state index contributed by atoms with van der Waals surface area (Å²) in [4.78, 5) is 0. The Hall–Kier alpha value is -0.160. The van der Waals surface area contributed by atoms with Crippen LogP contribution in [0.5, 0.6) is 0 Å². The minimum absolute atomic E-state index is 0.0349. The van der Waals surface area contributed by atoms with Crippen molar-refractivity contribution in [2.24, 2.45) is 5.41 Å². The van der Waals surface area contributed by atoms with Gasteiger partial charge in [0.15, 0.2) is 0 Å². The smallest absolute Gasteiger partial charge is 0.0549 e. The molecule has 0 aliphatic heterocycles. The van der Waals surface area contributed by atoms with Crippen molar-refractivity contribution in [3.63, 3.8) is 0 Å². The Kier molecular flexibility index (Phi) is 7.09. The summed E-state index contributed by atoms with van der Waals surface area (Å²) in [6, 6.07) is 0. The summed E-state index contributed by atoms with van der Waals surface area (Å²) in [5.74, 6) is 0. The predicted molar refractivity (Wildman–Crippen MR) is 56.1 cm³/mol. The van der Waals surface area contributed by atoms with E-state index in [-0.39, 0.29) is 19.3 Å². The topological polar surface area (TPSA) is 72.7 Å². The highest BCUT2D eigenvalue weighted by atomic mass is 16.3. The molecule has 1 atom stereocenters. The highest BCUT2D eigenvalue weighted by Gasteiger charge is 2.21. The quantitative estimate of drug-likeness (QED) is 0.412. The maximum atomic E-state index is 9.26. The van der Waals surface area contributed by atoms with Gasteiger partial charge in [-0.05, 0) is 19.4 Å². The average molecular weight is 205 g/mol. The summed E-state index contributed by atoms with van der Waals surface area (Å²) < 4.78 is 0. The summed E-state index contributed by atoms with van der Waals surface area (Å²) >= 11 is 0. The van der Waals surface area contributed by atoms with E-state index in [9.17, 15) is 5.11 Å². The molecule has 0 rings (SSSR count). The van der Waals surface area contributed by atoms with Crippen molar-refractivity contribution in [1.82, 2.24) is 5.32 Å². The standard InChI is InChI=1S/C10H23NO3/c1-3-9(14)4-5-11-6-10(2,7-12)8-13/h9,11-14H,3-8H2,1-2H3. The maximum Gasteiger partial charge on any atom is 0.0549 e. The molecule has 0 aromatic rings. The molecule has 0 bridgehead atoms. The number of nitrogens with one attached hydrogen (secondary N) is 1. The molecule has 0 spiro atoms. The molecule has 14 heavy (non-hydrogen) atoms. The van der Waals surface area contributed by atoms with Gasteiger partial charge in [-0.15, -0.1) is 0 Å². The Morgan fingerprint density at radius 2 is 1.86 bits per heavy atom. The van der Waals surface area contributed by atoms with Crippen LogP contribution in [0.2, 0.25) is 0 Å². The fourth-order valence-electron chi connectivity index (χ4n) is 1.02. The first-order valence-electron chi connectivity index (χ1n) is 5.18. The second kappa shape index (κ2) is 7.17. The van der Waals surface area contributed by atoms with E-state index in [2.05, 4.69) is 5.32 Å². The van der Waals surface area contributed by atoms with Crippen molar-refractivity contribution in [1.29, 1.82) is 0 Å². The lowest BCUT2D eigenvalue weighted by atomic mass is 9.93. The Morgan fingerprint density at radius 3 is 2.29 bits per heavy atom. The number of hydrogen-bond acceptors (Lipinski definition) is 4. The Morgan fingerprint density at radius 1 is 1.29 bits per heavy atom. The van der Waals surface area contributed by atoms with Crippen LogP contribution in [0, 0.1) is 5.41 Å². The molecule has 0 fully saturated rings. The van der Waals surface area contributed by atoms with E-state index in [1.807, 2.05) is 13.8 Å². The van der Waals surface area contributed by atoms with E-state index < -0.39 is 5.41 Å².